The molecule has 1 aliphatic rings. The van der Waals surface area contributed by atoms with Gasteiger partial charge in [0.2, 0.25) is 35.4 Å². The van der Waals surface area contributed by atoms with Crippen molar-refractivity contribution in [2.75, 3.05) is 25.1 Å². The van der Waals surface area contributed by atoms with Crippen LogP contribution in [0, 0.1) is 0 Å². The first-order valence-electron chi connectivity index (χ1n) is 41.9. The highest BCUT2D eigenvalue weighted by atomic mass is 16.6. The van der Waals surface area contributed by atoms with Crippen molar-refractivity contribution in [1.82, 2.24) is 42.2 Å². The third-order valence-electron chi connectivity index (χ3n) is 21.8. The predicted molar refractivity (Wildman–Crippen MR) is 480 cm³/mol. The van der Waals surface area contributed by atoms with Gasteiger partial charge < -0.3 is 71.2 Å². The van der Waals surface area contributed by atoms with Gasteiger partial charge in [0, 0.05) is 60.5 Å². The van der Waals surface area contributed by atoms with Gasteiger partial charge in [0.25, 0.3) is 5.91 Å². The van der Waals surface area contributed by atoms with Crippen LogP contribution >= 0.6 is 0 Å². The van der Waals surface area contributed by atoms with E-state index < -0.39 is 128 Å². The van der Waals surface area contributed by atoms with E-state index in [1.807, 2.05) is 188 Å². The van der Waals surface area contributed by atoms with Crippen molar-refractivity contribution in [3.63, 3.8) is 0 Å². The van der Waals surface area contributed by atoms with E-state index in [9.17, 15) is 28.8 Å². The molecule has 9 N–H and O–H groups in total. The molecular formula is C103H95N9O15. The molecule has 642 valence electrons. The summed E-state index contributed by atoms with van der Waals surface area (Å²) in [5.41, 5.74) is 9.89. The van der Waals surface area contributed by atoms with Crippen molar-refractivity contribution in [2.45, 2.75) is 100 Å². The highest BCUT2D eigenvalue weighted by molar-refractivity contribution is 5.99. The molecule has 0 fully saturated rings. The maximum Gasteiger partial charge on any atom is 0.407 e. The van der Waals surface area contributed by atoms with E-state index in [1.165, 1.54) is 6.07 Å². The Kier molecular flexibility index (Phi) is 29.9. The molecule has 5 atom stereocenters. The van der Waals surface area contributed by atoms with Crippen LogP contribution in [0.15, 0.2) is 340 Å². The quantitative estimate of drug-likeness (QED) is 0.00979. The van der Waals surface area contributed by atoms with E-state index in [-0.39, 0.29) is 56.4 Å². The number of amides is 8. The van der Waals surface area contributed by atoms with Crippen LogP contribution in [-0.2, 0) is 102 Å². The zero-order valence-electron chi connectivity index (χ0n) is 69.4. The topological polar surface area (TPSA) is 329 Å². The fourth-order valence-corrected chi connectivity index (χ4v) is 15.4. The summed E-state index contributed by atoms with van der Waals surface area (Å²) in [5, 5.41) is 23.3. The van der Waals surface area contributed by atoms with E-state index in [1.54, 1.807) is 146 Å². The minimum atomic E-state index is -1.82. The number of alkyl carbamates (subject to hydrolysis) is 1. The van der Waals surface area contributed by atoms with Crippen molar-refractivity contribution in [3.8, 4) is 22.6 Å². The fraction of sp³-hybridized carbons (Fsp3) is 0.184. The van der Waals surface area contributed by atoms with E-state index in [4.69, 9.17) is 23.7 Å². The van der Waals surface area contributed by atoms with Crippen LogP contribution in [0.1, 0.15) is 86.4 Å². The second-order valence-corrected chi connectivity index (χ2v) is 30.7. The summed E-state index contributed by atoms with van der Waals surface area (Å²) in [6.07, 6.45) is -1.17. The summed E-state index contributed by atoms with van der Waals surface area (Å²) in [6.45, 7) is -1.31. The zero-order valence-corrected chi connectivity index (χ0v) is 69.4. The maximum absolute atomic E-state index is 15.7. The van der Waals surface area contributed by atoms with Gasteiger partial charge in [-0.25, -0.2) is 4.79 Å². The molecule has 24 heteroatoms. The highest BCUT2D eigenvalue weighted by Crippen LogP contribution is 2.45. The molecule has 1 aromatic heterocycles. The number of hydrogen-bond donors (Lipinski definition) is 9. The first-order chi connectivity index (χ1) is 62.0. The number of nitrogens with one attached hydrogen (secondary N) is 9. The van der Waals surface area contributed by atoms with Gasteiger partial charge in [-0.2, -0.15) is 0 Å². The number of hydrogen-bond acceptors (Lipinski definition) is 15. The largest absolute Gasteiger partial charge is 0.489 e. The second-order valence-electron chi connectivity index (χ2n) is 30.7. The molecule has 1 heterocycles. The summed E-state index contributed by atoms with van der Waals surface area (Å²) in [6, 6.07) is 92.9. The van der Waals surface area contributed by atoms with Gasteiger partial charge in [-0.3, -0.25) is 43.2 Å². The zero-order chi connectivity index (χ0) is 88.1. The molecule has 8 amide bonds. The molecule has 0 radical (unpaired) electrons. The third-order valence-corrected chi connectivity index (χ3v) is 21.8. The number of carbonyl (C=O) groups excluding carboxylic acids is 10. The van der Waals surface area contributed by atoms with Crippen molar-refractivity contribution in [2.24, 2.45) is 0 Å². The summed E-state index contributed by atoms with van der Waals surface area (Å²) in [5.74, 6) is -7.14. The smallest absolute Gasteiger partial charge is 0.407 e. The fourth-order valence-electron chi connectivity index (χ4n) is 15.4. The molecule has 24 nitrogen and oxygen atoms in total. The van der Waals surface area contributed by atoms with Gasteiger partial charge in [0.05, 0.1) is 6.42 Å². The molecule has 1 aliphatic carbocycles. The molecule has 127 heavy (non-hydrogen) atoms. The molecule has 0 spiro atoms. The Morgan fingerprint density at radius 1 is 0.370 bits per heavy atom. The molecule has 14 rings (SSSR count). The molecule has 13 aromatic rings. The number of aromatic nitrogens is 1. The Morgan fingerprint density at radius 3 is 1.43 bits per heavy atom. The van der Waals surface area contributed by atoms with Gasteiger partial charge in [-0.05, 0) is 109 Å². The first kappa shape index (κ1) is 87.6. The van der Waals surface area contributed by atoms with Crippen molar-refractivity contribution < 1.29 is 71.6 Å². The molecule has 12 aromatic carbocycles. The molecule has 0 saturated carbocycles. The number of anilines is 1. The molecule has 0 bridgehead atoms. The van der Waals surface area contributed by atoms with Gasteiger partial charge in [0.1, 0.15) is 80.2 Å². The SMILES string of the molecule is O=C(COc1cccc(NC(=O)[C@H](Cc2ccc(OCc3ccccc3)cc2)NC(=O)OCC2c3ccccc3-c3ccccc32)c1)N[C@@H](CCC(=O)NC(c1ccccc1)(c1ccccc1)c1ccccc1)C(=O)N[C@@H](Cc1c[nH]c2ccccc12)C(=O)N[C@@H](CC(=O)OCc1ccccc1)C(=O)N[C@@H](Cc1ccccc1)C(=O)NCC(=O)OCc1ccccc1. The summed E-state index contributed by atoms with van der Waals surface area (Å²) >= 11 is 0. The van der Waals surface area contributed by atoms with E-state index >= 15 is 19.2 Å². The standard InChI is InChI=1S/C103H95N9O15/c113-93(112-103(75-37-16-5-17-38-75,76-39-18-6-19-40-76)77-41-20-7-21-42-77)56-55-88(107-94(114)68-124-80-44-28-43-78(60-80)106-99(119)90(58-70-51-53-79(54-52-70)123-64-71-31-10-2-11-32-71)111-102(122)127-67-86-84-48-24-22-46-82(84)83-47-23-25-49-85(83)86)98(118)109-91(59-74-62-104-87-50-27-26-45-81(74)87)100(120)110-92(61-95(115)125-65-72-33-12-3-13-34-72)101(121)108-89(57-69-29-8-1-9-30-69)97(117)105-63-96(116)126-66-73-35-14-4-15-36-73/h1-54,60,62,86,88-92,104H,55-59,61,63-68H2,(H,105,117)(H,106,119)(H,107,114)(H,108,121)(H,109,118)(H,110,120)(H,111,122)(H,112,113)/t88-,89-,90-,91-,92-/m0/s1. The normalized spacial score (nSPS) is 12.6. The number of H-pyrrole nitrogens is 1. The summed E-state index contributed by atoms with van der Waals surface area (Å²) in [4.78, 5) is 150. The van der Waals surface area contributed by atoms with Crippen LogP contribution in [0.2, 0.25) is 0 Å². The molecule has 0 saturated heterocycles. The Hall–Kier alpha value is -15.7. The molecular weight excluding hydrogens is 1600 g/mol. The van der Waals surface area contributed by atoms with Gasteiger partial charge in [0.15, 0.2) is 6.61 Å². The summed E-state index contributed by atoms with van der Waals surface area (Å²) < 4.78 is 29.3. The number of aromatic amines is 1. The van der Waals surface area contributed by atoms with E-state index in [0.717, 1.165) is 27.8 Å². The minimum Gasteiger partial charge on any atom is -0.489 e. The number of fused-ring (bicyclic) bond motifs is 4. The van der Waals surface area contributed by atoms with Crippen LogP contribution in [0.3, 0.4) is 0 Å². The number of benzene rings is 12. The van der Waals surface area contributed by atoms with E-state index in [0.29, 0.717) is 67.8 Å². The van der Waals surface area contributed by atoms with Crippen molar-refractivity contribution in [1.29, 1.82) is 0 Å². The third kappa shape index (κ3) is 24.0. The van der Waals surface area contributed by atoms with Crippen LogP contribution in [-0.4, -0.2) is 114 Å². The highest BCUT2D eigenvalue weighted by Gasteiger charge is 2.40. The lowest BCUT2D eigenvalue weighted by Gasteiger charge is -2.37. The lowest BCUT2D eigenvalue weighted by atomic mass is 9.77. The van der Waals surface area contributed by atoms with Crippen LogP contribution in [0.4, 0.5) is 10.5 Å². The van der Waals surface area contributed by atoms with Gasteiger partial charge in [-0.1, -0.05) is 297 Å². The Morgan fingerprint density at radius 2 is 0.843 bits per heavy atom. The van der Waals surface area contributed by atoms with Gasteiger partial charge >= 0.3 is 18.0 Å². The Labute approximate surface area is 734 Å². The van der Waals surface area contributed by atoms with Crippen LogP contribution < -0.4 is 52.0 Å². The average molecular weight is 1700 g/mol. The minimum absolute atomic E-state index is 0.0144. The van der Waals surface area contributed by atoms with Gasteiger partial charge in [-0.15, -0.1) is 0 Å². The predicted octanol–water partition coefficient (Wildman–Crippen LogP) is 13.5. The number of ether oxygens (including phenoxy) is 5. The van der Waals surface area contributed by atoms with E-state index in [2.05, 4.69) is 47.5 Å². The first-order valence-corrected chi connectivity index (χ1v) is 41.9. The number of para-hydroxylation sites is 1. The molecule has 0 aliphatic heterocycles. The van der Waals surface area contributed by atoms with Crippen LogP contribution in [0.25, 0.3) is 22.0 Å². The lowest BCUT2D eigenvalue weighted by Crippen LogP contribution is -2.59. The van der Waals surface area contributed by atoms with Crippen molar-refractivity contribution in [3.05, 3.63) is 401 Å². The Balaban J connectivity index is 0.724. The van der Waals surface area contributed by atoms with Crippen LogP contribution in [0.5, 0.6) is 11.5 Å². The Bertz CT molecular complexity index is 5790. The maximum atomic E-state index is 15.7. The molecule has 0 unspecified atom stereocenters. The number of carbonyl (C=O) groups is 10. The average Bonchev–Trinajstić information content (AvgIpc) is 1.34. The lowest BCUT2D eigenvalue weighted by molar-refractivity contribution is -0.148. The number of esters is 2. The monoisotopic (exact) mass is 1700 g/mol. The number of rotatable bonds is 40. The van der Waals surface area contributed by atoms with Crippen molar-refractivity contribution >= 4 is 76.0 Å². The second kappa shape index (κ2) is 43.4. The summed E-state index contributed by atoms with van der Waals surface area (Å²) in [7, 11) is 0.